The molecule has 2 aromatic carbocycles. The summed E-state index contributed by atoms with van der Waals surface area (Å²) in [5, 5.41) is 11.4. The van der Waals surface area contributed by atoms with Crippen LogP contribution in [0.5, 0.6) is 0 Å². The number of halogens is 1. The average molecular weight is 595 g/mol. The largest absolute Gasteiger partial charge is 0.383 e. The number of primary amides is 1. The molecule has 0 saturated heterocycles. The van der Waals surface area contributed by atoms with Crippen molar-refractivity contribution in [3.63, 3.8) is 0 Å². The molecule has 0 bridgehead atoms. The smallest absolute Gasteiger partial charge is 0.244 e. The van der Waals surface area contributed by atoms with Crippen LogP contribution >= 0.6 is 11.6 Å². The zero-order chi connectivity index (χ0) is 30.4. The molecule has 0 unspecified atom stereocenters. The molecule has 6 rings (SSSR count). The van der Waals surface area contributed by atoms with E-state index in [1.807, 2.05) is 36.5 Å². The van der Waals surface area contributed by atoms with Crippen molar-refractivity contribution in [1.82, 2.24) is 25.9 Å². The predicted molar refractivity (Wildman–Crippen MR) is 173 cm³/mol. The number of carbonyl (C=O) groups excluding carboxylic acids is 1. The normalized spacial score (nSPS) is 16.6. The number of rotatable bonds is 8. The van der Waals surface area contributed by atoms with Gasteiger partial charge in [0.25, 0.3) is 0 Å². The third-order valence-electron chi connectivity index (χ3n) is 8.18. The molecular formula is C33H35ClN8O. The Bertz CT molecular complexity index is 1800. The van der Waals surface area contributed by atoms with E-state index in [9.17, 15) is 4.79 Å². The van der Waals surface area contributed by atoms with Gasteiger partial charge in [-0.2, -0.15) is 0 Å². The Labute approximate surface area is 256 Å². The fraction of sp³-hybridized carbons (Fsp3) is 0.303. The van der Waals surface area contributed by atoms with E-state index >= 15 is 0 Å². The Kier molecular flexibility index (Phi) is 7.28. The first kappa shape index (κ1) is 28.6. The molecule has 9 nitrogen and oxygen atoms in total. The number of benzene rings is 2. The highest BCUT2D eigenvalue weighted by Gasteiger charge is 2.49. The maximum absolute atomic E-state index is 12.5. The van der Waals surface area contributed by atoms with Gasteiger partial charge in [0.15, 0.2) is 0 Å². The molecule has 1 amide bonds. The molecule has 0 spiro atoms. The molecule has 2 aromatic heterocycles. The third-order valence-corrected chi connectivity index (χ3v) is 8.47. The molecule has 1 aliphatic heterocycles. The van der Waals surface area contributed by atoms with Crippen LogP contribution in [-0.2, 0) is 4.79 Å². The molecule has 2 aliphatic rings. The maximum atomic E-state index is 12.5. The number of pyridine rings is 2. The van der Waals surface area contributed by atoms with Gasteiger partial charge in [0.1, 0.15) is 5.54 Å². The van der Waals surface area contributed by atoms with Gasteiger partial charge in [0, 0.05) is 41.6 Å². The van der Waals surface area contributed by atoms with Crippen molar-refractivity contribution in [3.05, 3.63) is 82.9 Å². The highest BCUT2D eigenvalue weighted by molar-refractivity contribution is 6.35. The van der Waals surface area contributed by atoms with E-state index in [1.165, 1.54) is 0 Å². The van der Waals surface area contributed by atoms with Gasteiger partial charge >= 0.3 is 0 Å². The van der Waals surface area contributed by atoms with Crippen LogP contribution in [0.2, 0.25) is 5.02 Å². The van der Waals surface area contributed by atoms with E-state index < -0.39 is 5.54 Å². The summed E-state index contributed by atoms with van der Waals surface area (Å²) in [5.74, 6) is 2.42. The van der Waals surface area contributed by atoms with Crippen molar-refractivity contribution in [2.75, 3.05) is 17.2 Å². The van der Waals surface area contributed by atoms with E-state index in [1.54, 1.807) is 17.4 Å². The number of nitrogens with one attached hydrogen (secondary N) is 4. The zero-order valence-electron chi connectivity index (χ0n) is 24.5. The minimum Gasteiger partial charge on any atom is -0.383 e. The van der Waals surface area contributed by atoms with Gasteiger partial charge in [-0.15, -0.1) is 12.0 Å². The van der Waals surface area contributed by atoms with Gasteiger partial charge in [-0.1, -0.05) is 56.5 Å². The summed E-state index contributed by atoms with van der Waals surface area (Å²) in [4.78, 5) is 21.6. The number of anilines is 2. The summed E-state index contributed by atoms with van der Waals surface area (Å²) in [6.45, 7) is 7.19. The first-order chi connectivity index (χ1) is 20.6. The Morgan fingerprint density at radius 3 is 2.72 bits per heavy atom. The molecule has 4 aromatic rings. The number of hydrogen-bond donors (Lipinski definition) is 5. The summed E-state index contributed by atoms with van der Waals surface area (Å²) in [7, 11) is 0. The van der Waals surface area contributed by atoms with E-state index in [-0.39, 0.29) is 17.4 Å². The fourth-order valence-corrected chi connectivity index (χ4v) is 5.96. The number of amides is 1. The van der Waals surface area contributed by atoms with Crippen molar-refractivity contribution in [3.8, 4) is 12.3 Å². The van der Waals surface area contributed by atoms with Gasteiger partial charge in [-0.3, -0.25) is 19.8 Å². The second kappa shape index (κ2) is 11.0. The SMILES string of the molecule is C#Cc1cnc2c(Cl)cc(N[C@H](C3=CN(C4(C(N)=O)CCC4)NN3)c3cccc4ncccc34)cc2c1NCC(C)(C)C. The third kappa shape index (κ3) is 5.29. The van der Waals surface area contributed by atoms with Gasteiger partial charge < -0.3 is 21.8 Å². The average Bonchev–Trinajstić information content (AvgIpc) is 3.43. The number of aromatic nitrogens is 2. The van der Waals surface area contributed by atoms with Crippen molar-refractivity contribution in [1.29, 1.82) is 0 Å². The lowest BCUT2D eigenvalue weighted by Gasteiger charge is -2.44. The molecule has 220 valence electrons. The van der Waals surface area contributed by atoms with Crippen LogP contribution in [0.25, 0.3) is 21.8 Å². The first-order valence-electron chi connectivity index (χ1n) is 14.4. The monoisotopic (exact) mass is 594 g/mol. The Morgan fingerprint density at radius 1 is 1.21 bits per heavy atom. The van der Waals surface area contributed by atoms with Crippen molar-refractivity contribution >= 4 is 50.7 Å². The molecule has 1 fully saturated rings. The van der Waals surface area contributed by atoms with Crippen molar-refractivity contribution < 1.29 is 4.79 Å². The standard InChI is InChI=1S/C33H35ClN8O/c1-5-20-17-37-29-24(28(20)38-19-32(2,3)4)15-21(16-25(29)34)39-30(23-9-6-11-26-22(23)10-7-14-36-26)27-18-42(41-40-27)33(31(35)43)12-8-13-33/h1,6-7,9-11,14-18,30,39-41H,8,12-13,19H2,2-4H3,(H2,35,43)(H,37,38)/t30-/m0/s1. The minimum atomic E-state index is -0.767. The topological polar surface area (TPSA) is 120 Å². The quantitative estimate of drug-likeness (QED) is 0.167. The molecule has 43 heavy (non-hydrogen) atoms. The molecule has 0 radical (unpaired) electrons. The van der Waals surface area contributed by atoms with Crippen LogP contribution in [0, 0.1) is 17.8 Å². The lowest BCUT2D eigenvalue weighted by atomic mass is 9.75. The zero-order valence-corrected chi connectivity index (χ0v) is 25.2. The molecule has 3 heterocycles. The Morgan fingerprint density at radius 2 is 2.02 bits per heavy atom. The molecule has 1 saturated carbocycles. The van der Waals surface area contributed by atoms with E-state index in [4.69, 9.17) is 23.8 Å². The summed E-state index contributed by atoms with van der Waals surface area (Å²) in [6, 6.07) is 13.5. The van der Waals surface area contributed by atoms with Crippen molar-refractivity contribution in [2.24, 2.45) is 11.1 Å². The first-order valence-corrected chi connectivity index (χ1v) is 14.7. The van der Waals surface area contributed by atoms with Gasteiger partial charge in [-0.05, 0) is 54.5 Å². The van der Waals surface area contributed by atoms with Crippen LogP contribution in [-0.4, -0.2) is 33.0 Å². The second-order valence-corrected chi connectivity index (χ2v) is 12.8. The van der Waals surface area contributed by atoms with Crippen LogP contribution in [0.3, 0.4) is 0 Å². The number of hydrogen-bond acceptors (Lipinski definition) is 8. The summed E-state index contributed by atoms with van der Waals surface area (Å²) < 4.78 is 0. The maximum Gasteiger partial charge on any atom is 0.244 e. The second-order valence-electron chi connectivity index (χ2n) is 12.4. The molecule has 1 aliphatic carbocycles. The number of fused-ring (bicyclic) bond motifs is 2. The lowest BCUT2D eigenvalue weighted by molar-refractivity contribution is -0.136. The Hall–Kier alpha value is -4.52. The van der Waals surface area contributed by atoms with Gasteiger partial charge in [0.2, 0.25) is 5.91 Å². The lowest BCUT2D eigenvalue weighted by Crippen LogP contribution is -2.63. The molecule has 10 heteroatoms. The number of nitrogens with zero attached hydrogens (tertiary/aromatic N) is 3. The van der Waals surface area contributed by atoms with Crippen LogP contribution in [0.1, 0.15) is 57.2 Å². The van der Waals surface area contributed by atoms with Crippen LogP contribution in [0.4, 0.5) is 11.4 Å². The van der Waals surface area contributed by atoms with Crippen LogP contribution in [0.15, 0.2) is 66.8 Å². The highest BCUT2D eigenvalue weighted by atomic mass is 35.5. The molecular weight excluding hydrogens is 560 g/mol. The van der Waals surface area contributed by atoms with Crippen molar-refractivity contribution in [2.45, 2.75) is 51.6 Å². The predicted octanol–water partition coefficient (Wildman–Crippen LogP) is 5.60. The summed E-state index contributed by atoms with van der Waals surface area (Å²) in [6.07, 6.45) is 13.6. The molecule has 6 N–H and O–H groups in total. The fourth-order valence-electron chi connectivity index (χ4n) is 5.69. The summed E-state index contributed by atoms with van der Waals surface area (Å²) in [5.41, 5.74) is 17.2. The number of nitrogens with two attached hydrogens (primary N) is 1. The molecule has 1 atom stereocenters. The van der Waals surface area contributed by atoms with Gasteiger partial charge in [-0.25, -0.2) is 0 Å². The minimum absolute atomic E-state index is 0.0246. The summed E-state index contributed by atoms with van der Waals surface area (Å²) >= 11 is 6.85. The number of carbonyl (C=O) groups is 1. The Balaban J connectivity index is 1.46. The highest BCUT2D eigenvalue weighted by Crippen LogP contribution is 2.41. The van der Waals surface area contributed by atoms with E-state index in [0.29, 0.717) is 35.5 Å². The van der Waals surface area contributed by atoms with E-state index in [2.05, 4.69) is 70.4 Å². The number of terminal acetylenes is 1. The van der Waals surface area contributed by atoms with Gasteiger partial charge in [0.05, 0.1) is 39.0 Å². The van der Waals surface area contributed by atoms with Crippen LogP contribution < -0.4 is 27.3 Å². The number of hydrazine groups is 2. The van der Waals surface area contributed by atoms with E-state index in [0.717, 1.165) is 45.3 Å².